The van der Waals surface area contributed by atoms with Crippen LogP contribution in [0.5, 0.6) is 11.5 Å². The summed E-state index contributed by atoms with van der Waals surface area (Å²) in [4.78, 5) is 12.3. The lowest BCUT2D eigenvalue weighted by atomic mass is 9.69. The molecule has 4 unspecified atom stereocenters. The molecule has 3 aliphatic rings. The third kappa shape index (κ3) is 1.94. The standard InChI is InChI=1S/C20H16O5/c21-12-7-8-14(23)19-18(12)13(22)9-10-20(19)24-15-5-1-3-11-4-2-6-16(25-20)17(11)15/h1-10,13-14,18-19,22-23H. The van der Waals surface area contributed by atoms with Crippen molar-refractivity contribution in [3.8, 4) is 11.5 Å². The number of allylic oxidation sites excluding steroid dienone is 1. The molecule has 0 radical (unpaired) electrons. The molecule has 0 fully saturated rings. The zero-order valence-corrected chi connectivity index (χ0v) is 13.2. The number of rotatable bonds is 0. The maximum absolute atomic E-state index is 12.3. The molecule has 0 saturated heterocycles. The smallest absolute Gasteiger partial charge is 0.277 e. The van der Waals surface area contributed by atoms with Gasteiger partial charge in [0.25, 0.3) is 5.79 Å². The van der Waals surface area contributed by atoms with E-state index in [9.17, 15) is 15.0 Å². The van der Waals surface area contributed by atoms with Crippen molar-refractivity contribution in [2.75, 3.05) is 0 Å². The lowest BCUT2D eigenvalue weighted by molar-refractivity contribution is -0.182. The van der Waals surface area contributed by atoms with Gasteiger partial charge in [-0.2, -0.15) is 0 Å². The number of carbonyl (C=O) groups excluding carboxylic acids is 1. The van der Waals surface area contributed by atoms with Crippen LogP contribution in [0.4, 0.5) is 0 Å². The van der Waals surface area contributed by atoms with E-state index in [2.05, 4.69) is 0 Å². The summed E-state index contributed by atoms with van der Waals surface area (Å²) in [7, 11) is 0. The summed E-state index contributed by atoms with van der Waals surface area (Å²) in [6.45, 7) is 0. The Balaban J connectivity index is 1.70. The average Bonchev–Trinajstić information content (AvgIpc) is 2.61. The molecule has 2 aromatic rings. The van der Waals surface area contributed by atoms with Crippen LogP contribution in [-0.2, 0) is 4.79 Å². The first kappa shape index (κ1) is 14.7. The Morgan fingerprint density at radius 2 is 1.60 bits per heavy atom. The Kier molecular flexibility index (Phi) is 2.90. The molecule has 2 aliphatic carbocycles. The Morgan fingerprint density at radius 1 is 0.920 bits per heavy atom. The lowest BCUT2D eigenvalue weighted by Gasteiger charge is -2.48. The highest BCUT2D eigenvalue weighted by Gasteiger charge is 2.57. The minimum Gasteiger partial charge on any atom is -0.448 e. The summed E-state index contributed by atoms with van der Waals surface area (Å²) in [6.07, 6.45) is 3.93. The number of benzene rings is 2. The van der Waals surface area contributed by atoms with Crippen molar-refractivity contribution in [1.82, 2.24) is 0 Å². The highest BCUT2D eigenvalue weighted by molar-refractivity contribution is 5.95. The highest BCUT2D eigenvalue weighted by Crippen LogP contribution is 2.49. The second-order valence-electron chi connectivity index (χ2n) is 6.69. The van der Waals surface area contributed by atoms with Crippen LogP contribution in [0.15, 0.2) is 60.7 Å². The van der Waals surface area contributed by atoms with Crippen molar-refractivity contribution in [3.63, 3.8) is 0 Å². The van der Waals surface area contributed by atoms with Gasteiger partial charge in [-0.05, 0) is 29.7 Å². The molecule has 5 nitrogen and oxygen atoms in total. The van der Waals surface area contributed by atoms with E-state index in [1.807, 2.05) is 36.4 Å². The second kappa shape index (κ2) is 4.94. The van der Waals surface area contributed by atoms with Crippen LogP contribution in [0.2, 0.25) is 0 Å². The first-order valence-corrected chi connectivity index (χ1v) is 8.26. The fourth-order valence-corrected chi connectivity index (χ4v) is 4.16. The zero-order valence-electron chi connectivity index (χ0n) is 13.2. The minimum atomic E-state index is -1.34. The van der Waals surface area contributed by atoms with Gasteiger partial charge in [0.1, 0.15) is 11.5 Å². The van der Waals surface area contributed by atoms with Gasteiger partial charge in [0.2, 0.25) is 0 Å². The first-order valence-electron chi connectivity index (χ1n) is 8.26. The van der Waals surface area contributed by atoms with Crippen molar-refractivity contribution in [2.24, 2.45) is 11.8 Å². The fraction of sp³-hybridized carbons (Fsp3) is 0.250. The molecule has 5 heteroatoms. The molecule has 0 bridgehead atoms. The molecular weight excluding hydrogens is 320 g/mol. The molecule has 1 heterocycles. The van der Waals surface area contributed by atoms with Gasteiger partial charge in [0.05, 0.1) is 29.4 Å². The van der Waals surface area contributed by atoms with Crippen molar-refractivity contribution in [3.05, 3.63) is 60.7 Å². The third-order valence-corrected chi connectivity index (χ3v) is 5.27. The van der Waals surface area contributed by atoms with Crippen molar-refractivity contribution < 1.29 is 24.5 Å². The number of aliphatic hydroxyl groups is 2. The summed E-state index contributed by atoms with van der Waals surface area (Å²) < 4.78 is 12.4. The Hall–Kier alpha value is -2.63. The van der Waals surface area contributed by atoms with Gasteiger partial charge in [-0.25, -0.2) is 0 Å². The molecule has 1 aliphatic heterocycles. The molecule has 0 amide bonds. The summed E-state index contributed by atoms with van der Waals surface area (Å²) in [5.41, 5.74) is 0. The van der Waals surface area contributed by atoms with Crippen molar-refractivity contribution >= 4 is 16.6 Å². The van der Waals surface area contributed by atoms with E-state index in [0.29, 0.717) is 11.5 Å². The zero-order chi connectivity index (χ0) is 17.2. The van der Waals surface area contributed by atoms with Crippen molar-refractivity contribution in [1.29, 1.82) is 0 Å². The molecule has 2 aromatic carbocycles. The van der Waals surface area contributed by atoms with Crippen molar-refractivity contribution in [2.45, 2.75) is 18.0 Å². The summed E-state index contributed by atoms with van der Waals surface area (Å²) in [5, 5.41) is 22.7. The van der Waals surface area contributed by atoms with Gasteiger partial charge in [-0.3, -0.25) is 4.79 Å². The van der Waals surface area contributed by atoms with Crippen LogP contribution in [0, 0.1) is 11.8 Å². The number of ketones is 1. The van der Waals surface area contributed by atoms with Crippen LogP contribution in [0.1, 0.15) is 0 Å². The fourth-order valence-electron chi connectivity index (χ4n) is 4.16. The Labute approximate surface area is 143 Å². The summed E-state index contributed by atoms with van der Waals surface area (Å²) in [5.74, 6) is -1.87. The third-order valence-electron chi connectivity index (χ3n) is 5.27. The van der Waals surface area contributed by atoms with E-state index in [1.54, 1.807) is 6.08 Å². The van der Waals surface area contributed by atoms with Gasteiger partial charge in [0.15, 0.2) is 5.78 Å². The Bertz CT molecular complexity index is 904. The minimum absolute atomic E-state index is 0.240. The predicted octanol–water partition coefficient (Wildman–Crippen LogP) is 1.97. The molecule has 5 rings (SSSR count). The van der Waals surface area contributed by atoms with Gasteiger partial charge < -0.3 is 19.7 Å². The van der Waals surface area contributed by atoms with Crippen LogP contribution in [-0.4, -0.2) is 34.0 Å². The first-order chi connectivity index (χ1) is 12.1. The molecule has 0 aromatic heterocycles. The lowest BCUT2D eigenvalue weighted by Crippen LogP contribution is -2.61. The molecule has 4 atom stereocenters. The molecule has 126 valence electrons. The summed E-state index contributed by atoms with van der Waals surface area (Å²) >= 11 is 0. The predicted molar refractivity (Wildman–Crippen MR) is 90.2 cm³/mol. The van der Waals surface area contributed by atoms with Gasteiger partial charge >= 0.3 is 0 Å². The number of fused-ring (bicyclic) bond motifs is 2. The normalized spacial score (nSPS) is 31.5. The van der Waals surface area contributed by atoms with Crippen LogP contribution >= 0.6 is 0 Å². The van der Waals surface area contributed by atoms with E-state index in [4.69, 9.17) is 9.47 Å². The average molecular weight is 336 g/mol. The van der Waals surface area contributed by atoms with Gasteiger partial charge in [-0.15, -0.1) is 0 Å². The van der Waals surface area contributed by atoms with E-state index < -0.39 is 29.8 Å². The number of ether oxygens (including phenoxy) is 2. The quantitative estimate of drug-likeness (QED) is 0.720. The molecule has 0 saturated carbocycles. The van der Waals surface area contributed by atoms with E-state index in [-0.39, 0.29) is 5.78 Å². The van der Waals surface area contributed by atoms with Crippen LogP contribution < -0.4 is 9.47 Å². The Morgan fingerprint density at radius 3 is 2.28 bits per heavy atom. The van der Waals surface area contributed by atoms with Crippen LogP contribution in [0.25, 0.3) is 10.8 Å². The molecule has 1 spiro atoms. The molecular formula is C20H16O5. The van der Waals surface area contributed by atoms with Crippen LogP contribution in [0.3, 0.4) is 0 Å². The van der Waals surface area contributed by atoms with E-state index in [1.165, 1.54) is 18.2 Å². The molecule has 25 heavy (non-hydrogen) atoms. The summed E-state index contributed by atoms with van der Waals surface area (Å²) in [6, 6.07) is 11.4. The number of hydrogen-bond acceptors (Lipinski definition) is 5. The molecule has 2 N–H and O–H groups in total. The topological polar surface area (TPSA) is 76.0 Å². The maximum atomic E-state index is 12.3. The number of aliphatic hydroxyl groups excluding tert-OH is 2. The maximum Gasteiger partial charge on any atom is 0.277 e. The largest absolute Gasteiger partial charge is 0.448 e. The SMILES string of the molecule is O=C1C=CC(O)C2C1C(O)C=CC21Oc2cccc3cccc(c23)O1. The van der Waals surface area contributed by atoms with E-state index in [0.717, 1.165) is 10.8 Å². The van der Waals surface area contributed by atoms with Gasteiger partial charge in [-0.1, -0.05) is 36.4 Å². The highest BCUT2D eigenvalue weighted by atomic mass is 16.7. The number of carbonyl (C=O) groups is 1. The van der Waals surface area contributed by atoms with E-state index >= 15 is 0 Å². The monoisotopic (exact) mass is 336 g/mol. The second-order valence-corrected chi connectivity index (χ2v) is 6.69. The van der Waals surface area contributed by atoms with Gasteiger partial charge in [0, 0.05) is 0 Å². The number of hydrogen-bond donors (Lipinski definition) is 2.